The smallest absolute Gasteiger partial charge is 0.407 e. The predicted octanol–water partition coefficient (Wildman–Crippen LogP) is 2.90. The fraction of sp³-hybridized carbons (Fsp3) is 0.235. The summed E-state index contributed by atoms with van der Waals surface area (Å²) >= 11 is 11.8. The van der Waals surface area contributed by atoms with Crippen LogP contribution in [-0.4, -0.2) is 29.0 Å². The van der Waals surface area contributed by atoms with Gasteiger partial charge < -0.3 is 26.0 Å². The summed E-state index contributed by atoms with van der Waals surface area (Å²) in [5.74, 6) is 0. The van der Waals surface area contributed by atoms with E-state index in [1.165, 1.54) is 12.1 Å². The normalized spacial score (nSPS) is 13.1. The number of amides is 1. The summed E-state index contributed by atoms with van der Waals surface area (Å²) in [7, 11) is 0. The van der Waals surface area contributed by atoms with Crippen LogP contribution in [0.25, 0.3) is 0 Å². The first-order chi connectivity index (χ1) is 11.9. The number of halogens is 2. The molecule has 25 heavy (non-hydrogen) atoms. The molecule has 2 aromatic carbocycles. The number of benzene rings is 2. The van der Waals surface area contributed by atoms with Crippen LogP contribution in [0.4, 0.5) is 10.5 Å². The van der Waals surface area contributed by atoms with Crippen molar-refractivity contribution >= 4 is 35.0 Å². The number of hydrogen-bond donors (Lipinski definition) is 4. The number of aliphatic hydroxyl groups is 2. The van der Waals surface area contributed by atoms with Crippen LogP contribution in [-0.2, 0) is 11.3 Å². The number of anilines is 1. The summed E-state index contributed by atoms with van der Waals surface area (Å²) in [6, 6.07) is 12.0. The second-order valence-corrected chi connectivity index (χ2v) is 6.19. The van der Waals surface area contributed by atoms with E-state index in [-0.39, 0.29) is 34.4 Å². The van der Waals surface area contributed by atoms with Gasteiger partial charge in [0.15, 0.2) is 0 Å². The largest absolute Gasteiger partial charge is 0.445 e. The van der Waals surface area contributed by atoms with E-state index in [0.717, 1.165) is 5.56 Å². The van der Waals surface area contributed by atoms with Crippen LogP contribution < -0.4 is 11.1 Å². The van der Waals surface area contributed by atoms with Gasteiger partial charge in [-0.05, 0) is 17.7 Å². The Morgan fingerprint density at radius 2 is 1.88 bits per heavy atom. The molecule has 0 aliphatic rings. The fourth-order valence-corrected chi connectivity index (χ4v) is 2.64. The van der Waals surface area contributed by atoms with Gasteiger partial charge in [-0.2, -0.15) is 0 Å². The molecule has 0 bridgehead atoms. The Labute approximate surface area is 155 Å². The topological polar surface area (TPSA) is 105 Å². The van der Waals surface area contributed by atoms with Gasteiger partial charge in [0.25, 0.3) is 0 Å². The van der Waals surface area contributed by atoms with Gasteiger partial charge in [-0.1, -0.05) is 53.5 Å². The lowest BCUT2D eigenvalue weighted by Gasteiger charge is -2.20. The Morgan fingerprint density at radius 3 is 2.56 bits per heavy atom. The Kier molecular flexibility index (Phi) is 6.90. The van der Waals surface area contributed by atoms with Crippen LogP contribution >= 0.6 is 23.2 Å². The predicted molar refractivity (Wildman–Crippen MR) is 96.5 cm³/mol. The molecule has 2 atom stereocenters. The number of nitrogens with two attached hydrogens (primary N) is 1. The van der Waals surface area contributed by atoms with Crippen molar-refractivity contribution in [3.05, 3.63) is 63.6 Å². The minimum Gasteiger partial charge on any atom is -0.445 e. The first-order valence-corrected chi connectivity index (χ1v) is 8.19. The zero-order chi connectivity index (χ0) is 18.4. The SMILES string of the molecule is Nc1c(Cl)cc(Cl)cc1C(O)C(O)CNC(=O)OCc1ccccc1. The van der Waals surface area contributed by atoms with Gasteiger partial charge in [0.05, 0.1) is 10.7 Å². The molecular weight excluding hydrogens is 367 g/mol. The third-order valence-electron chi connectivity index (χ3n) is 3.48. The number of alkyl carbamates (subject to hydrolysis) is 1. The van der Waals surface area contributed by atoms with E-state index >= 15 is 0 Å². The van der Waals surface area contributed by atoms with Crippen molar-refractivity contribution in [2.45, 2.75) is 18.8 Å². The van der Waals surface area contributed by atoms with Gasteiger partial charge in [0.1, 0.15) is 18.8 Å². The van der Waals surface area contributed by atoms with E-state index in [2.05, 4.69) is 5.32 Å². The standard InChI is InChI=1S/C17H18Cl2N2O4/c18-11-6-12(15(20)13(19)7-11)16(23)14(22)8-21-17(24)25-9-10-4-2-1-3-5-10/h1-7,14,16,22-23H,8-9,20H2,(H,21,24). The van der Waals surface area contributed by atoms with Crippen LogP contribution in [0.1, 0.15) is 17.2 Å². The molecule has 0 aliphatic carbocycles. The number of nitrogens with one attached hydrogen (secondary N) is 1. The first kappa shape index (κ1) is 19.3. The fourth-order valence-electron chi connectivity index (χ4n) is 2.13. The second-order valence-electron chi connectivity index (χ2n) is 5.35. The number of nitrogen functional groups attached to an aromatic ring is 1. The van der Waals surface area contributed by atoms with Crippen molar-refractivity contribution in [1.29, 1.82) is 0 Å². The molecule has 8 heteroatoms. The maximum Gasteiger partial charge on any atom is 0.407 e. The lowest BCUT2D eigenvalue weighted by molar-refractivity contribution is 0.0188. The molecule has 0 aromatic heterocycles. The maximum atomic E-state index is 11.7. The average Bonchev–Trinajstić information content (AvgIpc) is 2.61. The molecular formula is C17H18Cl2N2O4. The van der Waals surface area contributed by atoms with Gasteiger partial charge in [-0.15, -0.1) is 0 Å². The van der Waals surface area contributed by atoms with Crippen molar-refractivity contribution in [1.82, 2.24) is 5.32 Å². The highest BCUT2D eigenvalue weighted by Gasteiger charge is 2.23. The van der Waals surface area contributed by atoms with Crippen molar-refractivity contribution in [3.8, 4) is 0 Å². The quantitative estimate of drug-likeness (QED) is 0.573. The lowest BCUT2D eigenvalue weighted by Crippen LogP contribution is -2.36. The number of carbonyl (C=O) groups excluding carboxylic acids is 1. The van der Waals surface area contributed by atoms with Gasteiger partial charge in [-0.25, -0.2) is 4.79 Å². The van der Waals surface area contributed by atoms with Crippen LogP contribution in [0.3, 0.4) is 0 Å². The molecule has 1 amide bonds. The highest BCUT2D eigenvalue weighted by atomic mass is 35.5. The van der Waals surface area contributed by atoms with E-state index < -0.39 is 18.3 Å². The molecule has 0 radical (unpaired) electrons. The van der Waals surface area contributed by atoms with Crippen LogP contribution in [0.2, 0.25) is 10.0 Å². The van der Waals surface area contributed by atoms with E-state index in [1.54, 1.807) is 0 Å². The number of carbonyl (C=O) groups is 1. The second kappa shape index (κ2) is 8.92. The summed E-state index contributed by atoms with van der Waals surface area (Å²) in [5, 5.41) is 23.1. The molecule has 0 aliphatic heterocycles. The van der Waals surface area contributed by atoms with Crippen molar-refractivity contribution in [2.24, 2.45) is 0 Å². The van der Waals surface area contributed by atoms with Gasteiger partial charge in [-0.3, -0.25) is 0 Å². The highest BCUT2D eigenvalue weighted by molar-refractivity contribution is 6.36. The van der Waals surface area contributed by atoms with Crippen molar-refractivity contribution < 1.29 is 19.7 Å². The third-order valence-corrected chi connectivity index (χ3v) is 4.01. The molecule has 0 saturated heterocycles. The monoisotopic (exact) mass is 384 g/mol. The van der Waals surface area contributed by atoms with E-state index in [9.17, 15) is 15.0 Å². The number of aliphatic hydroxyl groups excluding tert-OH is 2. The van der Waals surface area contributed by atoms with Crippen LogP contribution in [0.5, 0.6) is 0 Å². The molecule has 2 rings (SSSR count). The van der Waals surface area contributed by atoms with Gasteiger partial charge >= 0.3 is 6.09 Å². The van der Waals surface area contributed by atoms with E-state index in [0.29, 0.717) is 0 Å². The summed E-state index contributed by atoms with van der Waals surface area (Å²) in [4.78, 5) is 11.7. The zero-order valence-electron chi connectivity index (χ0n) is 13.2. The van der Waals surface area contributed by atoms with Crippen LogP contribution in [0.15, 0.2) is 42.5 Å². The molecule has 134 valence electrons. The molecule has 2 unspecified atom stereocenters. The molecule has 0 heterocycles. The molecule has 6 nitrogen and oxygen atoms in total. The first-order valence-electron chi connectivity index (χ1n) is 7.43. The summed E-state index contributed by atoms with van der Waals surface area (Å²) in [6.45, 7) is -0.138. The van der Waals surface area contributed by atoms with E-state index in [4.69, 9.17) is 33.7 Å². The molecule has 0 spiro atoms. The lowest BCUT2D eigenvalue weighted by atomic mass is 10.0. The summed E-state index contributed by atoms with van der Waals surface area (Å²) in [5.41, 5.74) is 6.92. The highest BCUT2D eigenvalue weighted by Crippen LogP contribution is 2.32. The Balaban J connectivity index is 1.87. The number of ether oxygens (including phenoxy) is 1. The van der Waals surface area contributed by atoms with Crippen molar-refractivity contribution in [3.63, 3.8) is 0 Å². The van der Waals surface area contributed by atoms with Gasteiger partial charge in [0, 0.05) is 17.1 Å². The average molecular weight is 385 g/mol. The summed E-state index contributed by atoms with van der Waals surface area (Å²) < 4.78 is 5.02. The third kappa shape index (κ3) is 5.51. The zero-order valence-corrected chi connectivity index (χ0v) is 14.7. The number of rotatable bonds is 6. The van der Waals surface area contributed by atoms with Gasteiger partial charge in [0.2, 0.25) is 0 Å². The molecule has 5 N–H and O–H groups in total. The van der Waals surface area contributed by atoms with Crippen LogP contribution in [0, 0.1) is 0 Å². The van der Waals surface area contributed by atoms with Crippen molar-refractivity contribution in [2.75, 3.05) is 12.3 Å². The summed E-state index contributed by atoms with van der Waals surface area (Å²) in [6.07, 6.45) is -3.40. The molecule has 2 aromatic rings. The molecule has 0 saturated carbocycles. The Morgan fingerprint density at radius 1 is 1.20 bits per heavy atom. The minimum atomic E-state index is -1.37. The maximum absolute atomic E-state index is 11.7. The molecule has 0 fully saturated rings. The Hall–Kier alpha value is -1.99. The Bertz CT molecular complexity index is 728. The number of hydrogen-bond acceptors (Lipinski definition) is 5. The van der Waals surface area contributed by atoms with E-state index in [1.807, 2.05) is 30.3 Å². The minimum absolute atomic E-state index is 0.0994.